The van der Waals surface area contributed by atoms with Gasteiger partial charge in [0.05, 0.1) is 29.2 Å². The molecule has 0 unspecified atom stereocenters. The summed E-state index contributed by atoms with van der Waals surface area (Å²) in [6, 6.07) is 18.3. The monoisotopic (exact) mass is 409 g/mol. The highest BCUT2D eigenvalue weighted by molar-refractivity contribution is 8.03. The highest BCUT2D eigenvalue weighted by Gasteiger charge is 2.38. The number of carbonyl (C=O) groups excluding carboxylic acids is 1. The van der Waals surface area contributed by atoms with Crippen LogP contribution < -0.4 is 4.90 Å². The Balaban J connectivity index is 1.62. The lowest BCUT2D eigenvalue weighted by atomic mass is 9.86. The second-order valence-corrected chi connectivity index (χ2v) is 8.31. The zero-order chi connectivity index (χ0) is 19.7. The van der Waals surface area contributed by atoms with Crippen molar-refractivity contribution in [3.63, 3.8) is 0 Å². The van der Waals surface area contributed by atoms with Crippen molar-refractivity contribution < 1.29 is 4.79 Å². The molecule has 4 nitrogen and oxygen atoms in total. The normalized spacial score (nSPS) is 19.5. The Labute approximate surface area is 174 Å². The van der Waals surface area contributed by atoms with Crippen molar-refractivity contribution in [2.45, 2.75) is 25.7 Å². The Bertz CT molecular complexity index is 963. The Morgan fingerprint density at radius 2 is 1.89 bits per heavy atom. The van der Waals surface area contributed by atoms with Crippen LogP contribution in [0, 0.1) is 11.3 Å². The minimum Gasteiger partial charge on any atom is -0.344 e. The largest absolute Gasteiger partial charge is 0.344 e. The van der Waals surface area contributed by atoms with Gasteiger partial charge in [-0.3, -0.25) is 9.69 Å². The molecule has 28 heavy (non-hydrogen) atoms. The lowest BCUT2D eigenvalue weighted by Crippen LogP contribution is -2.47. The van der Waals surface area contributed by atoms with Crippen molar-refractivity contribution in [1.82, 2.24) is 4.90 Å². The number of anilines is 1. The van der Waals surface area contributed by atoms with Gasteiger partial charge in [-0.15, -0.1) is 0 Å². The molecule has 0 N–H and O–H groups in total. The predicted molar refractivity (Wildman–Crippen MR) is 114 cm³/mol. The molecule has 2 aliphatic rings. The molecule has 0 bridgehead atoms. The first kappa shape index (κ1) is 18.9. The summed E-state index contributed by atoms with van der Waals surface area (Å²) in [5, 5.41) is 11.3. The number of benzene rings is 2. The van der Waals surface area contributed by atoms with E-state index in [-0.39, 0.29) is 11.8 Å². The van der Waals surface area contributed by atoms with E-state index >= 15 is 0 Å². The van der Waals surface area contributed by atoms with Crippen LogP contribution >= 0.6 is 23.4 Å². The Hall–Kier alpha value is -2.42. The number of halogens is 1. The van der Waals surface area contributed by atoms with Crippen LogP contribution in [0.3, 0.4) is 0 Å². The van der Waals surface area contributed by atoms with Crippen LogP contribution in [0.25, 0.3) is 0 Å². The standard InChI is InChI=1S/C22H20ClN3OS/c1-2-15-3-9-18(10-4-15)25-13-26-21(27)11-19(16-5-7-17(23)8-6-16)20(12-24)22(26)28-14-25/h3-10,19H,2,11,13-14H2,1H3/t19-/m1/s1. The van der Waals surface area contributed by atoms with Gasteiger partial charge in [-0.1, -0.05) is 54.6 Å². The summed E-state index contributed by atoms with van der Waals surface area (Å²) in [5.41, 5.74) is 4.02. The minimum atomic E-state index is -0.205. The van der Waals surface area contributed by atoms with Gasteiger partial charge in [0, 0.05) is 23.0 Å². The number of thioether (sulfide) groups is 1. The van der Waals surface area contributed by atoms with Gasteiger partial charge in [0.25, 0.3) is 0 Å². The molecule has 1 atom stereocenters. The number of carbonyl (C=O) groups is 1. The molecule has 142 valence electrons. The Kier molecular flexibility index (Phi) is 5.34. The van der Waals surface area contributed by atoms with Crippen LogP contribution in [0.5, 0.6) is 0 Å². The second kappa shape index (κ2) is 7.90. The first-order valence-corrected chi connectivity index (χ1v) is 10.6. The van der Waals surface area contributed by atoms with Crippen LogP contribution in [0.1, 0.15) is 30.4 Å². The van der Waals surface area contributed by atoms with E-state index in [1.165, 1.54) is 5.56 Å². The Morgan fingerprint density at radius 3 is 2.54 bits per heavy atom. The lowest BCUT2D eigenvalue weighted by Gasteiger charge is -2.42. The van der Waals surface area contributed by atoms with Crippen molar-refractivity contribution in [3.05, 3.63) is 75.3 Å². The molecular formula is C22H20ClN3OS. The van der Waals surface area contributed by atoms with Gasteiger partial charge in [0.1, 0.15) is 0 Å². The number of rotatable bonds is 3. The molecule has 2 heterocycles. The van der Waals surface area contributed by atoms with Crippen LogP contribution in [0.2, 0.25) is 5.02 Å². The van der Waals surface area contributed by atoms with E-state index in [2.05, 4.69) is 42.2 Å². The molecule has 2 aromatic rings. The minimum absolute atomic E-state index is 0.0522. The molecule has 0 aromatic heterocycles. The molecule has 2 aliphatic heterocycles. The third-order valence-corrected chi connectivity index (χ3v) is 6.68. The summed E-state index contributed by atoms with van der Waals surface area (Å²) in [7, 11) is 0. The van der Waals surface area contributed by atoms with Crippen LogP contribution in [0.4, 0.5) is 5.69 Å². The zero-order valence-electron chi connectivity index (χ0n) is 15.6. The summed E-state index contributed by atoms with van der Waals surface area (Å²) < 4.78 is 0. The maximum absolute atomic E-state index is 12.9. The van der Waals surface area contributed by atoms with Gasteiger partial charge < -0.3 is 4.90 Å². The van der Waals surface area contributed by atoms with Crippen LogP contribution in [-0.2, 0) is 11.2 Å². The summed E-state index contributed by atoms with van der Waals surface area (Å²) in [6.07, 6.45) is 1.31. The highest BCUT2D eigenvalue weighted by Crippen LogP contribution is 2.43. The van der Waals surface area contributed by atoms with Gasteiger partial charge in [-0.25, -0.2) is 0 Å². The summed E-state index contributed by atoms with van der Waals surface area (Å²) in [4.78, 5) is 16.9. The molecular weight excluding hydrogens is 390 g/mol. The van der Waals surface area contributed by atoms with Crippen molar-refractivity contribution in [3.8, 4) is 6.07 Å². The van der Waals surface area contributed by atoms with Gasteiger partial charge >= 0.3 is 0 Å². The van der Waals surface area contributed by atoms with Crippen LogP contribution in [-0.4, -0.2) is 23.4 Å². The van der Waals surface area contributed by atoms with Gasteiger partial charge in [0.2, 0.25) is 5.91 Å². The van der Waals surface area contributed by atoms with E-state index < -0.39 is 0 Å². The molecule has 0 aliphatic carbocycles. The number of amides is 1. The van der Waals surface area contributed by atoms with E-state index in [0.717, 1.165) is 22.7 Å². The number of nitriles is 1. The van der Waals surface area contributed by atoms with Crippen molar-refractivity contribution >= 4 is 35.0 Å². The van der Waals surface area contributed by atoms with E-state index in [4.69, 9.17) is 11.6 Å². The van der Waals surface area contributed by atoms with Crippen LogP contribution in [0.15, 0.2) is 59.1 Å². The summed E-state index contributed by atoms with van der Waals surface area (Å²) in [6.45, 7) is 2.61. The highest BCUT2D eigenvalue weighted by atomic mass is 35.5. The number of allylic oxidation sites excluding steroid dienone is 1. The van der Waals surface area contributed by atoms with Crippen molar-refractivity contribution in [2.75, 3.05) is 17.4 Å². The SMILES string of the molecule is CCc1ccc(N2CSC3=C(C#N)[C@@H](c4ccc(Cl)cc4)CC(=O)N3C2)cc1. The van der Waals surface area contributed by atoms with E-state index in [1.807, 2.05) is 24.3 Å². The first-order valence-electron chi connectivity index (χ1n) is 9.27. The molecule has 1 amide bonds. The molecule has 0 spiro atoms. The van der Waals surface area contributed by atoms with Gasteiger partial charge in [-0.2, -0.15) is 5.26 Å². The topological polar surface area (TPSA) is 47.3 Å². The molecule has 4 rings (SSSR count). The molecule has 2 aromatic carbocycles. The maximum Gasteiger partial charge on any atom is 0.229 e. The van der Waals surface area contributed by atoms with E-state index in [1.54, 1.807) is 16.7 Å². The zero-order valence-corrected chi connectivity index (χ0v) is 17.1. The van der Waals surface area contributed by atoms with E-state index in [9.17, 15) is 10.1 Å². The Morgan fingerprint density at radius 1 is 1.18 bits per heavy atom. The second-order valence-electron chi connectivity index (χ2n) is 6.94. The predicted octanol–water partition coefficient (Wildman–Crippen LogP) is 5.12. The molecule has 1 saturated heterocycles. The molecule has 0 saturated carbocycles. The average Bonchev–Trinajstić information content (AvgIpc) is 2.74. The third-order valence-electron chi connectivity index (χ3n) is 5.28. The quantitative estimate of drug-likeness (QED) is 0.705. The first-order chi connectivity index (χ1) is 13.6. The van der Waals surface area contributed by atoms with Crippen molar-refractivity contribution in [1.29, 1.82) is 5.26 Å². The third kappa shape index (κ3) is 3.50. The number of hydrogen-bond donors (Lipinski definition) is 0. The van der Waals surface area contributed by atoms with E-state index in [0.29, 0.717) is 29.6 Å². The number of nitrogens with zero attached hydrogens (tertiary/aromatic N) is 3. The average molecular weight is 410 g/mol. The smallest absolute Gasteiger partial charge is 0.229 e. The van der Waals surface area contributed by atoms with Crippen molar-refractivity contribution in [2.24, 2.45) is 0 Å². The summed E-state index contributed by atoms with van der Waals surface area (Å²) in [5.74, 6) is 0.559. The molecule has 1 fully saturated rings. The number of aryl methyl sites for hydroxylation is 1. The number of hydrogen-bond acceptors (Lipinski definition) is 4. The fourth-order valence-electron chi connectivity index (χ4n) is 3.65. The number of fused-ring (bicyclic) bond motifs is 1. The fraction of sp³-hybridized carbons (Fsp3) is 0.273. The van der Waals surface area contributed by atoms with Gasteiger partial charge in [0.15, 0.2) is 0 Å². The fourth-order valence-corrected chi connectivity index (χ4v) is 4.94. The maximum atomic E-state index is 12.9. The molecule has 6 heteroatoms. The summed E-state index contributed by atoms with van der Waals surface area (Å²) >= 11 is 7.55. The lowest BCUT2D eigenvalue weighted by molar-refractivity contribution is -0.129. The molecule has 0 radical (unpaired) electrons. The van der Waals surface area contributed by atoms with Gasteiger partial charge in [-0.05, 0) is 41.8 Å².